The maximum absolute atomic E-state index is 6.33. The van der Waals surface area contributed by atoms with Crippen LogP contribution in [0, 0.1) is 0 Å². The molecule has 0 amide bonds. The van der Waals surface area contributed by atoms with Gasteiger partial charge in [0.25, 0.3) is 0 Å². The fourth-order valence-electron chi connectivity index (χ4n) is 2.63. The van der Waals surface area contributed by atoms with Crippen LogP contribution in [0.3, 0.4) is 0 Å². The second-order valence-corrected chi connectivity index (χ2v) is 5.67. The van der Waals surface area contributed by atoms with Crippen LogP contribution in [0.25, 0.3) is 11.1 Å². The summed E-state index contributed by atoms with van der Waals surface area (Å²) in [5, 5.41) is 0.603. The molecule has 2 aromatic rings. The van der Waals surface area contributed by atoms with E-state index >= 15 is 0 Å². The number of ether oxygens (including phenoxy) is 2. The first kappa shape index (κ1) is 14.4. The molecule has 0 aliphatic heterocycles. The van der Waals surface area contributed by atoms with Gasteiger partial charge in [0.1, 0.15) is 18.0 Å². The molecule has 1 aliphatic rings. The second kappa shape index (κ2) is 6.06. The largest absolute Gasteiger partial charge is 0.486 e. The van der Waals surface area contributed by atoms with Crippen LogP contribution >= 0.6 is 11.6 Å². The summed E-state index contributed by atoms with van der Waals surface area (Å²) in [6.07, 6.45) is 0.704. The number of hydrogen-bond acceptors (Lipinski definition) is 3. The summed E-state index contributed by atoms with van der Waals surface area (Å²) in [6, 6.07) is 16.0. The van der Waals surface area contributed by atoms with Gasteiger partial charge in [0.2, 0.25) is 0 Å². The van der Waals surface area contributed by atoms with Crippen LogP contribution in [0.5, 0.6) is 5.75 Å². The molecule has 1 aliphatic carbocycles. The van der Waals surface area contributed by atoms with Gasteiger partial charge in [-0.3, -0.25) is 0 Å². The van der Waals surface area contributed by atoms with E-state index in [1.54, 1.807) is 7.11 Å². The summed E-state index contributed by atoms with van der Waals surface area (Å²) in [5.41, 5.74) is 8.08. The Bertz CT molecular complexity index is 617. The molecule has 0 bridgehead atoms. The minimum absolute atomic E-state index is 0.0231. The molecule has 0 saturated heterocycles. The van der Waals surface area contributed by atoms with E-state index in [0.29, 0.717) is 10.8 Å². The van der Waals surface area contributed by atoms with Gasteiger partial charge in [0, 0.05) is 19.6 Å². The molecule has 3 rings (SSSR count). The van der Waals surface area contributed by atoms with Gasteiger partial charge in [-0.1, -0.05) is 48.0 Å². The zero-order valence-electron chi connectivity index (χ0n) is 11.8. The van der Waals surface area contributed by atoms with Crippen molar-refractivity contribution in [1.82, 2.24) is 0 Å². The third-order valence-corrected chi connectivity index (χ3v) is 4.18. The Kier molecular flexibility index (Phi) is 4.15. The van der Waals surface area contributed by atoms with Crippen molar-refractivity contribution in [3.05, 3.63) is 53.6 Å². The van der Waals surface area contributed by atoms with Gasteiger partial charge < -0.3 is 15.2 Å². The third kappa shape index (κ3) is 2.91. The maximum atomic E-state index is 6.33. The Hall–Kier alpha value is -1.55. The van der Waals surface area contributed by atoms with Crippen molar-refractivity contribution in [1.29, 1.82) is 0 Å². The molecule has 3 nitrogen and oxygen atoms in total. The topological polar surface area (TPSA) is 44.5 Å². The van der Waals surface area contributed by atoms with Gasteiger partial charge in [-0.05, 0) is 23.3 Å². The smallest absolute Gasteiger partial charge is 0.138 e. The predicted octanol–water partition coefficient (Wildman–Crippen LogP) is 3.50. The summed E-state index contributed by atoms with van der Waals surface area (Å²) < 4.78 is 11.2. The highest BCUT2D eigenvalue weighted by Gasteiger charge is 2.41. The lowest BCUT2D eigenvalue weighted by molar-refractivity contribution is -0.0781. The highest BCUT2D eigenvalue weighted by molar-refractivity contribution is 6.32. The van der Waals surface area contributed by atoms with Gasteiger partial charge in [-0.15, -0.1) is 0 Å². The summed E-state index contributed by atoms with van der Waals surface area (Å²) in [5.74, 6) is 0.676. The number of nitrogens with two attached hydrogens (primary N) is 1. The van der Waals surface area contributed by atoms with Crippen LogP contribution in [-0.4, -0.2) is 25.4 Å². The third-order valence-electron chi connectivity index (χ3n) is 3.88. The Morgan fingerprint density at radius 2 is 1.86 bits per heavy atom. The van der Waals surface area contributed by atoms with Crippen LogP contribution in [0.1, 0.15) is 6.42 Å². The summed E-state index contributed by atoms with van der Waals surface area (Å²) in [7, 11) is 1.65. The fraction of sp³-hybridized carbons (Fsp3) is 0.294. The zero-order chi connectivity index (χ0) is 14.8. The molecule has 1 saturated carbocycles. The van der Waals surface area contributed by atoms with E-state index in [1.807, 2.05) is 36.4 Å². The molecule has 1 fully saturated rings. The van der Waals surface area contributed by atoms with Crippen LogP contribution in [-0.2, 0) is 4.74 Å². The van der Waals surface area contributed by atoms with E-state index in [1.165, 1.54) is 0 Å². The number of methoxy groups -OCH3 is 1. The van der Waals surface area contributed by atoms with E-state index in [9.17, 15) is 0 Å². The summed E-state index contributed by atoms with van der Waals surface area (Å²) in [6.45, 7) is 0. The van der Waals surface area contributed by atoms with Crippen molar-refractivity contribution in [2.45, 2.75) is 24.7 Å². The van der Waals surface area contributed by atoms with Crippen molar-refractivity contribution in [3.8, 4) is 16.9 Å². The van der Waals surface area contributed by atoms with Crippen molar-refractivity contribution < 1.29 is 9.47 Å². The average molecular weight is 304 g/mol. The summed E-state index contributed by atoms with van der Waals surface area (Å²) in [4.78, 5) is 0. The van der Waals surface area contributed by atoms with Gasteiger partial charge >= 0.3 is 0 Å². The molecule has 2 aromatic carbocycles. The van der Waals surface area contributed by atoms with E-state index in [0.717, 1.165) is 17.5 Å². The Morgan fingerprint density at radius 3 is 2.48 bits per heavy atom. The van der Waals surface area contributed by atoms with E-state index in [2.05, 4.69) is 12.1 Å². The monoisotopic (exact) mass is 303 g/mol. The molecular formula is C17H18ClNO2. The highest BCUT2D eigenvalue weighted by atomic mass is 35.5. The van der Waals surface area contributed by atoms with E-state index in [4.69, 9.17) is 26.8 Å². The van der Waals surface area contributed by atoms with Crippen molar-refractivity contribution in [2.24, 2.45) is 5.73 Å². The number of hydrogen-bond donors (Lipinski definition) is 1. The molecule has 0 radical (unpaired) electrons. The van der Waals surface area contributed by atoms with Crippen LogP contribution < -0.4 is 10.5 Å². The molecule has 21 heavy (non-hydrogen) atoms. The molecule has 0 aromatic heterocycles. The standard InChI is InChI=1S/C17H18ClNO2/c1-20-17-14(19)10-16(17)21-15-8-7-12(9-13(15)18)11-5-3-2-4-6-11/h2-9,14,16-17H,10,19H2,1H3. The minimum atomic E-state index is -0.0603. The molecule has 0 heterocycles. The van der Waals surface area contributed by atoms with Gasteiger partial charge in [0.15, 0.2) is 0 Å². The lowest BCUT2D eigenvalue weighted by Gasteiger charge is -2.41. The maximum Gasteiger partial charge on any atom is 0.138 e. The number of benzene rings is 2. The first-order valence-corrected chi connectivity index (χ1v) is 7.37. The lowest BCUT2D eigenvalue weighted by Crippen LogP contribution is -2.59. The van der Waals surface area contributed by atoms with Gasteiger partial charge in [0.05, 0.1) is 5.02 Å². The second-order valence-electron chi connectivity index (χ2n) is 5.27. The SMILES string of the molecule is COC1C(N)CC1Oc1ccc(-c2ccccc2)cc1Cl. The normalized spacial score (nSPS) is 24.4. The van der Waals surface area contributed by atoms with Crippen LogP contribution in [0.4, 0.5) is 0 Å². The molecule has 2 N–H and O–H groups in total. The predicted molar refractivity (Wildman–Crippen MR) is 84.7 cm³/mol. The molecular weight excluding hydrogens is 286 g/mol. The Balaban J connectivity index is 1.76. The fourth-order valence-corrected chi connectivity index (χ4v) is 2.85. The first-order chi connectivity index (χ1) is 10.2. The molecule has 0 spiro atoms. The molecule has 4 heteroatoms. The van der Waals surface area contributed by atoms with Crippen molar-refractivity contribution in [3.63, 3.8) is 0 Å². The highest BCUT2D eigenvalue weighted by Crippen LogP contribution is 2.34. The lowest BCUT2D eigenvalue weighted by atomic mass is 9.86. The Labute approximate surface area is 129 Å². The average Bonchev–Trinajstić information content (AvgIpc) is 2.49. The van der Waals surface area contributed by atoms with Gasteiger partial charge in [-0.2, -0.15) is 0 Å². The quantitative estimate of drug-likeness (QED) is 0.940. The summed E-state index contributed by atoms with van der Waals surface area (Å²) >= 11 is 6.33. The molecule has 110 valence electrons. The Morgan fingerprint density at radius 1 is 1.10 bits per heavy atom. The van der Waals surface area contributed by atoms with Crippen molar-refractivity contribution >= 4 is 11.6 Å². The molecule has 3 atom stereocenters. The van der Waals surface area contributed by atoms with Gasteiger partial charge in [-0.25, -0.2) is 0 Å². The van der Waals surface area contributed by atoms with E-state index < -0.39 is 0 Å². The van der Waals surface area contributed by atoms with Crippen LogP contribution in [0.15, 0.2) is 48.5 Å². The first-order valence-electron chi connectivity index (χ1n) is 6.99. The zero-order valence-corrected chi connectivity index (χ0v) is 12.6. The van der Waals surface area contributed by atoms with E-state index in [-0.39, 0.29) is 18.2 Å². The van der Waals surface area contributed by atoms with Crippen LogP contribution in [0.2, 0.25) is 5.02 Å². The minimum Gasteiger partial charge on any atom is -0.486 e. The van der Waals surface area contributed by atoms with Crippen molar-refractivity contribution in [2.75, 3.05) is 7.11 Å². The number of rotatable bonds is 4. The number of halogens is 1. The molecule has 3 unspecified atom stereocenters.